The van der Waals surface area contributed by atoms with Gasteiger partial charge >= 0.3 is 5.97 Å². The molecule has 2 unspecified atom stereocenters. The van der Waals surface area contributed by atoms with Gasteiger partial charge in [-0.3, -0.25) is 4.68 Å². The van der Waals surface area contributed by atoms with Gasteiger partial charge in [-0.05, 0) is 24.7 Å². The molecule has 1 aromatic heterocycles. The predicted molar refractivity (Wildman–Crippen MR) is 64.3 cm³/mol. The molecule has 0 bridgehead atoms. The molecule has 2 heterocycles. The molecule has 3 rings (SSSR count). The van der Waals surface area contributed by atoms with Crippen molar-refractivity contribution >= 4 is 5.97 Å². The number of aromatic nitrogens is 3. The summed E-state index contributed by atoms with van der Waals surface area (Å²) in [5.74, 6) is 0.780. The zero-order valence-corrected chi connectivity index (χ0v) is 10.3. The van der Waals surface area contributed by atoms with E-state index in [0.29, 0.717) is 0 Å². The van der Waals surface area contributed by atoms with Crippen molar-refractivity contribution in [1.82, 2.24) is 19.9 Å². The van der Waals surface area contributed by atoms with Gasteiger partial charge in [0.2, 0.25) is 0 Å². The number of nitrogens with zero attached hydrogens (tertiary/aromatic N) is 4. The molecule has 2 atom stereocenters. The second kappa shape index (κ2) is 4.68. The summed E-state index contributed by atoms with van der Waals surface area (Å²) in [7, 11) is 0. The maximum absolute atomic E-state index is 10.7. The van der Waals surface area contributed by atoms with Crippen LogP contribution in [0.1, 0.15) is 29.8 Å². The number of carboxylic acids is 1. The van der Waals surface area contributed by atoms with Crippen molar-refractivity contribution in [3.05, 3.63) is 11.9 Å². The third kappa shape index (κ3) is 2.25. The quantitative estimate of drug-likeness (QED) is 0.852. The maximum Gasteiger partial charge on any atom is 0.358 e. The summed E-state index contributed by atoms with van der Waals surface area (Å²) >= 11 is 0. The highest BCUT2D eigenvalue weighted by atomic mass is 16.4. The number of carboxylic acid groups (broad SMARTS) is 1. The largest absolute Gasteiger partial charge is 0.476 e. The Morgan fingerprint density at radius 1 is 1.33 bits per heavy atom. The molecule has 1 aromatic rings. The second-order valence-corrected chi connectivity index (χ2v) is 5.38. The van der Waals surface area contributed by atoms with E-state index in [-0.39, 0.29) is 5.69 Å². The van der Waals surface area contributed by atoms with E-state index in [1.54, 1.807) is 4.68 Å². The van der Waals surface area contributed by atoms with Crippen LogP contribution in [-0.2, 0) is 6.54 Å². The smallest absolute Gasteiger partial charge is 0.358 e. The van der Waals surface area contributed by atoms with Crippen LogP contribution in [0.25, 0.3) is 0 Å². The monoisotopic (exact) mass is 250 g/mol. The number of aromatic carboxylic acids is 1. The normalized spacial score (nSPS) is 27.6. The molecule has 1 saturated carbocycles. The lowest BCUT2D eigenvalue weighted by Crippen LogP contribution is -2.26. The lowest BCUT2D eigenvalue weighted by atomic mass is 10.0. The summed E-state index contributed by atoms with van der Waals surface area (Å²) in [6, 6.07) is 0. The number of fused-ring (bicyclic) bond motifs is 1. The van der Waals surface area contributed by atoms with E-state index in [0.717, 1.165) is 24.9 Å². The Morgan fingerprint density at radius 2 is 2.06 bits per heavy atom. The van der Waals surface area contributed by atoms with E-state index in [9.17, 15) is 4.79 Å². The first-order chi connectivity index (χ1) is 8.72. The van der Waals surface area contributed by atoms with Crippen molar-refractivity contribution in [1.29, 1.82) is 0 Å². The van der Waals surface area contributed by atoms with Gasteiger partial charge in [0, 0.05) is 19.6 Å². The Morgan fingerprint density at radius 3 is 2.67 bits per heavy atom. The Hall–Kier alpha value is -1.43. The van der Waals surface area contributed by atoms with Gasteiger partial charge in [0.05, 0.1) is 12.7 Å². The van der Waals surface area contributed by atoms with Crippen LogP contribution < -0.4 is 0 Å². The number of hydrogen-bond donors (Lipinski definition) is 1. The first-order valence-electron chi connectivity index (χ1n) is 6.58. The molecule has 0 radical (unpaired) electrons. The lowest BCUT2D eigenvalue weighted by Gasteiger charge is -2.15. The fraction of sp³-hybridized carbons (Fsp3) is 0.750. The molecule has 0 amide bonds. The fourth-order valence-electron chi connectivity index (χ4n) is 3.26. The Balaban J connectivity index is 1.51. The van der Waals surface area contributed by atoms with Crippen molar-refractivity contribution in [2.75, 3.05) is 19.6 Å². The van der Waals surface area contributed by atoms with Crippen LogP contribution in [0.15, 0.2) is 6.20 Å². The van der Waals surface area contributed by atoms with Crippen molar-refractivity contribution in [3.63, 3.8) is 0 Å². The van der Waals surface area contributed by atoms with Gasteiger partial charge in [0.1, 0.15) is 0 Å². The Bertz CT molecular complexity index is 433. The van der Waals surface area contributed by atoms with Crippen molar-refractivity contribution < 1.29 is 9.90 Å². The average Bonchev–Trinajstić information content (AvgIpc) is 3.01. The number of hydrogen-bond acceptors (Lipinski definition) is 4. The zero-order chi connectivity index (χ0) is 12.5. The summed E-state index contributed by atoms with van der Waals surface area (Å²) in [5.41, 5.74) is 0.0216. The molecule has 6 heteroatoms. The van der Waals surface area contributed by atoms with Gasteiger partial charge in [-0.15, -0.1) is 5.10 Å². The van der Waals surface area contributed by atoms with Crippen LogP contribution in [0.5, 0.6) is 0 Å². The highest BCUT2D eigenvalue weighted by molar-refractivity contribution is 5.84. The minimum atomic E-state index is -1.02. The summed E-state index contributed by atoms with van der Waals surface area (Å²) < 4.78 is 1.62. The molecule has 1 aliphatic heterocycles. The van der Waals surface area contributed by atoms with E-state index < -0.39 is 5.97 Å². The average molecular weight is 250 g/mol. The topological polar surface area (TPSA) is 71.2 Å². The van der Waals surface area contributed by atoms with Crippen LogP contribution in [0.3, 0.4) is 0 Å². The highest BCUT2D eigenvalue weighted by Gasteiger charge is 2.35. The SMILES string of the molecule is O=C(O)c1cn(CCN2CC3CCCC3C2)nn1. The molecule has 6 nitrogen and oxygen atoms in total. The van der Waals surface area contributed by atoms with Crippen molar-refractivity contribution in [2.45, 2.75) is 25.8 Å². The van der Waals surface area contributed by atoms with Crippen LogP contribution in [-0.4, -0.2) is 50.6 Å². The number of rotatable bonds is 4. The molecule has 98 valence electrons. The van der Waals surface area contributed by atoms with Gasteiger partial charge in [0.25, 0.3) is 0 Å². The maximum atomic E-state index is 10.7. The zero-order valence-electron chi connectivity index (χ0n) is 10.3. The predicted octanol–water partition coefficient (Wildman–Crippen LogP) is 0.708. The van der Waals surface area contributed by atoms with E-state index in [4.69, 9.17) is 5.11 Å². The van der Waals surface area contributed by atoms with Gasteiger partial charge in [-0.1, -0.05) is 11.6 Å². The van der Waals surface area contributed by atoms with E-state index in [1.807, 2.05) is 0 Å². The van der Waals surface area contributed by atoms with E-state index >= 15 is 0 Å². The fourth-order valence-corrected chi connectivity index (χ4v) is 3.26. The van der Waals surface area contributed by atoms with Gasteiger partial charge in [0.15, 0.2) is 5.69 Å². The molecule has 1 N–H and O–H groups in total. The van der Waals surface area contributed by atoms with Crippen LogP contribution in [0.2, 0.25) is 0 Å². The van der Waals surface area contributed by atoms with Crippen LogP contribution >= 0.6 is 0 Å². The molecule has 0 spiro atoms. The van der Waals surface area contributed by atoms with Crippen molar-refractivity contribution in [2.24, 2.45) is 11.8 Å². The Kier molecular flexibility index (Phi) is 3.03. The number of carbonyl (C=O) groups is 1. The first-order valence-corrected chi connectivity index (χ1v) is 6.58. The molecule has 2 aliphatic rings. The van der Waals surface area contributed by atoms with Gasteiger partial charge < -0.3 is 10.0 Å². The summed E-state index contributed by atoms with van der Waals surface area (Å²) in [5, 5.41) is 16.2. The molecule has 1 aliphatic carbocycles. The first kappa shape index (κ1) is 11.6. The third-order valence-electron chi connectivity index (χ3n) is 4.21. The highest BCUT2D eigenvalue weighted by Crippen LogP contribution is 2.37. The lowest BCUT2D eigenvalue weighted by molar-refractivity contribution is 0.0690. The molecule has 0 aromatic carbocycles. The minimum Gasteiger partial charge on any atom is -0.476 e. The molecular formula is C12H18N4O2. The summed E-state index contributed by atoms with van der Waals surface area (Å²) in [6.07, 6.45) is 5.66. The molecule has 1 saturated heterocycles. The second-order valence-electron chi connectivity index (χ2n) is 5.38. The standard InChI is InChI=1S/C12H18N4O2/c17-12(18)11-8-16(14-13-11)5-4-15-6-9-2-1-3-10(9)7-15/h8-10H,1-7H2,(H,17,18). The van der Waals surface area contributed by atoms with Crippen LogP contribution in [0, 0.1) is 11.8 Å². The van der Waals surface area contributed by atoms with Gasteiger partial charge in [-0.2, -0.15) is 0 Å². The minimum absolute atomic E-state index is 0.0216. The summed E-state index contributed by atoms with van der Waals surface area (Å²) in [6.45, 7) is 4.06. The summed E-state index contributed by atoms with van der Waals surface area (Å²) in [4.78, 5) is 13.1. The van der Waals surface area contributed by atoms with E-state index in [1.165, 1.54) is 38.5 Å². The van der Waals surface area contributed by atoms with Crippen LogP contribution in [0.4, 0.5) is 0 Å². The molecule has 18 heavy (non-hydrogen) atoms. The third-order valence-corrected chi connectivity index (χ3v) is 4.21. The van der Waals surface area contributed by atoms with E-state index in [2.05, 4.69) is 15.2 Å². The van der Waals surface area contributed by atoms with Crippen molar-refractivity contribution in [3.8, 4) is 0 Å². The molecular weight excluding hydrogens is 232 g/mol. The Labute approximate surface area is 106 Å². The van der Waals surface area contributed by atoms with Gasteiger partial charge in [-0.25, -0.2) is 4.79 Å². The number of likely N-dealkylation sites (tertiary alicyclic amines) is 1. The molecule has 2 fully saturated rings.